The average Bonchev–Trinajstić information content (AvgIpc) is 3.53. The van der Waals surface area contributed by atoms with Gasteiger partial charge in [-0.05, 0) is 69.9 Å². The molecule has 3 fully saturated rings. The van der Waals surface area contributed by atoms with E-state index in [1.165, 1.54) is 29.1 Å². The quantitative estimate of drug-likeness (QED) is 0.404. The molecule has 0 unspecified atom stereocenters. The summed E-state index contributed by atoms with van der Waals surface area (Å²) in [6.07, 6.45) is 4.74. The molecule has 3 aromatic rings. The van der Waals surface area contributed by atoms with Crippen LogP contribution in [0.1, 0.15) is 64.5 Å². The number of aromatic nitrogens is 2. The lowest BCUT2D eigenvalue weighted by Crippen LogP contribution is -2.64. The van der Waals surface area contributed by atoms with Gasteiger partial charge in [-0.3, -0.25) is 9.36 Å². The largest absolute Gasteiger partial charge is 0.444 e. The fourth-order valence-corrected chi connectivity index (χ4v) is 7.51. The van der Waals surface area contributed by atoms with Gasteiger partial charge in [0.05, 0.1) is 30.2 Å². The molecule has 1 aromatic heterocycles. The second kappa shape index (κ2) is 12.7. The second-order valence-electron chi connectivity index (χ2n) is 14.3. The fourth-order valence-electron chi connectivity index (χ4n) is 7.51. The number of benzene rings is 2. The molecule has 0 bridgehead atoms. The molecule has 2 aromatic carbocycles. The third kappa shape index (κ3) is 6.76. The van der Waals surface area contributed by atoms with Crippen molar-refractivity contribution in [3.8, 4) is 11.3 Å². The summed E-state index contributed by atoms with van der Waals surface area (Å²) in [7, 11) is 0. The summed E-state index contributed by atoms with van der Waals surface area (Å²) >= 11 is 0. The Labute approximate surface area is 274 Å². The molecule has 6 rings (SSSR count). The molecule has 1 spiro atoms. The second-order valence-corrected chi connectivity index (χ2v) is 14.3. The van der Waals surface area contributed by atoms with Gasteiger partial charge in [0, 0.05) is 49.8 Å². The minimum atomic E-state index is -1.21. The van der Waals surface area contributed by atoms with Crippen LogP contribution in [0.4, 0.5) is 14.0 Å². The molecular weight excluding hydrogens is 601 g/mol. The fraction of sp³-hybridized carbons (Fsp3) is 0.500. The first-order chi connectivity index (χ1) is 22.4. The number of amides is 3. The van der Waals surface area contributed by atoms with Crippen LogP contribution in [0.25, 0.3) is 11.3 Å². The van der Waals surface area contributed by atoms with Crippen LogP contribution in [0.2, 0.25) is 0 Å². The first-order valence-corrected chi connectivity index (χ1v) is 16.5. The van der Waals surface area contributed by atoms with Crippen molar-refractivity contribution in [1.82, 2.24) is 24.3 Å². The molecule has 2 aliphatic heterocycles. The monoisotopic (exact) mass is 645 g/mol. The Morgan fingerprint density at radius 1 is 0.979 bits per heavy atom. The smallest absolute Gasteiger partial charge is 0.410 e. The van der Waals surface area contributed by atoms with E-state index in [0.29, 0.717) is 50.4 Å². The number of carbonyl (C=O) groups excluding carboxylic acids is 2. The number of urea groups is 1. The Kier molecular flexibility index (Phi) is 8.86. The highest BCUT2D eigenvalue weighted by molar-refractivity contribution is 5.76. The van der Waals surface area contributed by atoms with Crippen LogP contribution >= 0.6 is 0 Å². The third-order valence-electron chi connectivity index (χ3n) is 10.0. The van der Waals surface area contributed by atoms with E-state index in [2.05, 4.69) is 4.98 Å². The number of nitrogens with zero attached hydrogens (tertiary/aromatic N) is 5. The number of likely N-dealkylation sites (tertiary alicyclic amines) is 1. The highest BCUT2D eigenvalue weighted by Crippen LogP contribution is 2.52. The van der Waals surface area contributed by atoms with E-state index < -0.39 is 22.7 Å². The first kappa shape index (κ1) is 32.7. The molecule has 47 heavy (non-hydrogen) atoms. The van der Waals surface area contributed by atoms with Gasteiger partial charge in [0.25, 0.3) is 5.56 Å². The number of ether oxygens (including phenoxy) is 1. The molecular formula is C36H44FN5O5. The van der Waals surface area contributed by atoms with E-state index in [-0.39, 0.29) is 30.0 Å². The van der Waals surface area contributed by atoms with Crippen LogP contribution in [-0.2, 0) is 11.3 Å². The number of aliphatic hydroxyl groups is 1. The summed E-state index contributed by atoms with van der Waals surface area (Å²) in [5, 5.41) is 12.3. The Hall–Kier alpha value is -4.25. The van der Waals surface area contributed by atoms with Crippen LogP contribution in [-0.4, -0.2) is 85.4 Å². The predicted octanol–water partition coefficient (Wildman–Crippen LogP) is 5.46. The van der Waals surface area contributed by atoms with Gasteiger partial charge in [0.15, 0.2) is 0 Å². The number of hydrogen-bond acceptors (Lipinski definition) is 6. The maximum Gasteiger partial charge on any atom is 0.410 e. The van der Waals surface area contributed by atoms with E-state index in [9.17, 15) is 23.9 Å². The maximum absolute atomic E-state index is 14.3. The summed E-state index contributed by atoms with van der Waals surface area (Å²) in [4.78, 5) is 50.4. The van der Waals surface area contributed by atoms with Gasteiger partial charge in [0.2, 0.25) is 0 Å². The molecule has 1 saturated carbocycles. The van der Waals surface area contributed by atoms with Crippen LogP contribution in [0.15, 0.2) is 71.8 Å². The number of carbonyl (C=O) groups is 2. The van der Waals surface area contributed by atoms with Crippen LogP contribution in [0.5, 0.6) is 0 Å². The molecule has 3 heterocycles. The minimum absolute atomic E-state index is 0.0752. The van der Waals surface area contributed by atoms with Crippen molar-refractivity contribution in [1.29, 1.82) is 0 Å². The molecule has 3 amide bonds. The van der Waals surface area contributed by atoms with Gasteiger partial charge in [-0.2, -0.15) is 0 Å². The summed E-state index contributed by atoms with van der Waals surface area (Å²) < 4.78 is 20.5. The number of piperazine rings is 1. The number of piperidine rings is 1. The first-order valence-electron chi connectivity index (χ1n) is 16.5. The number of halogens is 1. The van der Waals surface area contributed by atoms with Gasteiger partial charge in [-0.15, -0.1) is 0 Å². The molecule has 3 aliphatic rings. The molecule has 1 aliphatic carbocycles. The van der Waals surface area contributed by atoms with Gasteiger partial charge >= 0.3 is 12.1 Å². The third-order valence-corrected chi connectivity index (χ3v) is 10.0. The molecule has 2 atom stereocenters. The van der Waals surface area contributed by atoms with Crippen molar-refractivity contribution in [2.75, 3.05) is 32.7 Å². The standard InChI is InChI=1S/C36H44FN5O5/c1-34(2,3)47-33(45)39-19-20-42(30(22-39)27-9-5-4-6-10-27)32(44)40-18-17-36(46,35(23-40)15-7-8-16-35)24-41-25-38-29(21-31(41)43)26-11-13-28(37)14-12-26/h4-6,9-14,21,25,30,46H,7-8,15-20,22-24H2,1-3H3/t30-,36+/m0/s1. The molecule has 11 heteroatoms. The predicted molar refractivity (Wildman–Crippen MR) is 175 cm³/mol. The molecule has 1 N–H and O–H groups in total. The van der Waals surface area contributed by atoms with Crippen molar-refractivity contribution in [3.05, 3.63) is 88.7 Å². The lowest BCUT2D eigenvalue weighted by Gasteiger charge is -2.53. The summed E-state index contributed by atoms with van der Waals surface area (Å²) in [6, 6.07) is 16.5. The zero-order chi connectivity index (χ0) is 33.4. The summed E-state index contributed by atoms with van der Waals surface area (Å²) in [5.74, 6) is -0.366. The molecule has 250 valence electrons. The van der Waals surface area contributed by atoms with Crippen LogP contribution in [0.3, 0.4) is 0 Å². The summed E-state index contributed by atoms with van der Waals surface area (Å²) in [5.41, 5.74) is -0.697. The lowest BCUT2D eigenvalue weighted by atomic mass is 9.66. The van der Waals surface area contributed by atoms with Gasteiger partial charge in [0.1, 0.15) is 11.4 Å². The molecule has 0 radical (unpaired) electrons. The van der Waals surface area contributed by atoms with E-state index in [4.69, 9.17) is 4.74 Å². The Bertz CT molecular complexity index is 1650. The minimum Gasteiger partial charge on any atom is -0.444 e. The Balaban J connectivity index is 1.21. The van der Waals surface area contributed by atoms with Gasteiger partial charge < -0.3 is 24.5 Å². The van der Waals surface area contributed by atoms with E-state index in [1.54, 1.807) is 17.0 Å². The zero-order valence-corrected chi connectivity index (χ0v) is 27.4. The van der Waals surface area contributed by atoms with E-state index >= 15 is 0 Å². The highest BCUT2D eigenvalue weighted by Gasteiger charge is 2.56. The average molecular weight is 646 g/mol. The SMILES string of the molecule is CC(C)(C)OC(=O)N1CCN(C(=O)N2CC[C@@](O)(Cn3cnc(-c4ccc(F)cc4)cc3=O)C3(CCCC3)C2)[C@H](c2ccccc2)C1. The van der Waals surface area contributed by atoms with Crippen LogP contribution < -0.4 is 5.56 Å². The number of hydrogen-bond donors (Lipinski definition) is 1. The van der Waals surface area contributed by atoms with Crippen molar-refractivity contribution >= 4 is 12.1 Å². The van der Waals surface area contributed by atoms with Crippen molar-refractivity contribution in [3.63, 3.8) is 0 Å². The molecule has 10 nitrogen and oxygen atoms in total. The van der Waals surface area contributed by atoms with Crippen molar-refractivity contribution in [2.45, 2.75) is 76.7 Å². The van der Waals surface area contributed by atoms with Gasteiger partial charge in [-0.25, -0.2) is 19.0 Å². The zero-order valence-electron chi connectivity index (χ0n) is 27.4. The van der Waals surface area contributed by atoms with Gasteiger partial charge in [-0.1, -0.05) is 43.2 Å². The van der Waals surface area contributed by atoms with Crippen molar-refractivity contribution < 1.29 is 23.8 Å². The summed E-state index contributed by atoms with van der Waals surface area (Å²) in [6.45, 7) is 7.34. The Morgan fingerprint density at radius 2 is 1.68 bits per heavy atom. The molecule has 2 saturated heterocycles. The Morgan fingerprint density at radius 3 is 2.34 bits per heavy atom. The maximum atomic E-state index is 14.3. The highest BCUT2D eigenvalue weighted by atomic mass is 19.1. The number of rotatable bonds is 4. The normalized spacial score (nSPS) is 22.8. The van der Waals surface area contributed by atoms with Crippen LogP contribution in [0, 0.1) is 11.2 Å². The lowest BCUT2D eigenvalue weighted by molar-refractivity contribution is -0.137. The topological polar surface area (TPSA) is 108 Å². The van der Waals surface area contributed by atoms with E-state index in [1.807, 2.05) is 60.9 Å². The van der Waals surface area contributed by atoms with E-state index in [0.717, 1.165) is 31.2 Å². The van der Waals surface area contributed by atoms with Crippen molar-refractivity contribution in [2.24, 2.45) is 5.41 Å².